The van der Waals surface area contributed by atoms with Crippen LogP contribution in [0.3, 0.4) is 0 Å². The summed E-state index contributed by atoms with van der Waals surface area (Å²) < 4.78 is 68.5. The zero-order valence-electron chi connectivity index (χ0n) is 64.3. The first-order valence-corrected chi connectivity index (χ1v) is 43.9. The van der Waals surface area contributed by atoms with E-state index in [0.29, 0.717) is 25.7 Å². The summed E-state index contributed by atoms with van der Waals surface area (Å²) in [6.07, 6.45) is 57.1. The third kappa shape index (κ3) is 71.1. The Balaban J connectivity index is 5.17. The zero-order chi connectivity index (χ0) is 72.3. The van der Waals surface area contributed by atoms with E-state index in [2.05, 4.69) is 48.5 Å². The van der Waals surface area contributed by atoms with Gasteiger partial charge in [-0.1, -0.05) is 357 Å². The summed E-state index contributed by atoms with van der Waals surface area (Å²) in [5, 5.41) is 10.6. The number of hydrogen-bond acceptors (Lipinski definition) is 15. The van der Waals surface area contributed by atoms with Crippen LogP contribution >= 0.6 is 15.6 Å². The Bertz CT molecular complexity index is 1910. The second-order valence-corrected chi connectivity index (χ2v) is 32.6. The lowest BCUT2D eigenvalue weighted by atomic mass is 9.99. The lowest BCUT2D eigenvalue weighted by Crippen LogP contribution is -2.30. The summed E-state index contributed by atoms with van der Waals surface area (Å²) in [6.45, 7) is 11.9. The minimum Gasteiger partial charge on any atom is -0.462 e. The van der Waals surface area contributed by atoms with E-state index in [1.165, 1.54) is 212 Å². The van der Waals surface area contributed by atoms with Crippen molar-refractivity contribution in [2.45, 2.75) is 426 Å². The van der Waals surface area contributed by atoms with E-state index < -0.39 is 97.5 Å². The normalized spacial score (nSPS) is 14.3. The number of hydrogen-bond donors (Lipinski definition) is 3. The van der Waals surface area contributed by atoms with Gasteiger partial charge in [0.05, 0.1) is 26.4 Å². The van der Waals surface area contributed by atoms with Crippen molar-refractivity contribution in [3.05, 3.63) is 0 Å². The molecule has 6 atom stereocenters. The smallest absolute Gasteiger partial charge is 0.462 e. The zero-order valence-corrected chi connectivity index (χ0v) is 66.0. The van der Waals surface area contributed by atoms with Gasteiger partial charge in [0.15, 0.2) is 12.2 Å². The molecule has 0 heterocycles. The maximum atomic E-state index is 13.1. The van der Waals surface area contributed by atoms with E-state index in [4.69, 9.17) is 37.0 Å². The second-order valence-electron chi connectivity index (χ2n) is 29.6. The largest absolute Gasteiger partial charge is 0.472 e. The maximum absolute atomic E-state index is 13.1. The Morgan fingerprint density at radius 2 is 0.520 bits per heavy atom. The number of ether oxygens (including phenoxy) is 4. The van der Waals surface area contributed by atoms with Crippen molar-refractivity contribution < 1.29 is 80.2 Å². The summed E-state index contributed by atoms with van der Waals surface area (Å²) in [7, 11) is -9.91. The minimum atomic E-state index is -4.96. The van der Waals surface area contributed by atoms with Crippen molar-refractivity contribution in [3.63, 3.8) is 0 Å². The van der Waals surface area contributed by atoms with E-state index in [1.807, 2.05) is 0 Å². The van der Waals surface area contributed by atoms with Crippen LogP contribution < -0.4 is 0 Å². The van der Waals surface area contributed by atoms with Gasteiger partial charge in [0.2, 0.25) is 0 Å². The highest BCUT2D eigenvalue weighted by atomic mass is 31.2. The molecule has 0 saturated carbocycles. The molecule has 0 aliphatic heterocycles. The Kier molecular flexibility index (Phi) is 68.1. The van der Waals surface area contributed by atoms with Crippen LogP contribution in [0.5, 0.6) is 0 Å². The summed E-state index contributed by atoms with van der Waals surface area (Å²) in [5.41, 5.74) is 0. The standard InChI is InChI=1S/C79H154O17P2/c1-8-10-11-12-13-39-46-53-60-76(81)89-66-74(96-79(84)63-56-49-42-35-34-37-44-51-58-71(5)6)68-93-97(85,86)91-64-73(80)65-92-98(87,88)94-69-75(67-90-77(82)61-54-47-40-32-28-24-21-20-22-26-30-36-43-50-57-70(3)4)95-78(83)62-55-48-41-33-29-25-19-17-15-14-16-18-23-27-31-38-45-52-59-72(7)9-2/h70-75,80H,8-69H2,1-7H3,(H,85,86)(H,87,88)/t72?,73-,74+,75+/m0/s1. The topological polar surface area (TPSA) is 237 Å². The number of aliphatic hydroxyl groups excluding tert-OH is 1. The first kappa shape index (κ1) is 96.1. The Labute approximate surface area is 600 Å². The Morgan fingerprint density at radius 3 is 0.776 bits per heavy atom. The molecule has 98 heavy (non-hydrogen) atoms. The van der Waals surface area contributed by atoms with Crippen LogP contribution in [0, 0.1) is 17.8 Å². The number of rotatable bonds is 77. The number of esters is 4. The number of unbranched alkanes of at least 4 members (excludes halogenated alkanes) is 44. The van der Waals surface area contributed by atoms with Crippen LogP contribution in [0.2, 0.25) is 0 Å². The van der Waals surface area contributed by atoms with Gasteiger partial charge in [-0.15, -0.1) is 0 Å². The predicted molar refractivity (Wildman–Crippen MR) is 400 cm³/mol. The number of aliphatic hydroxyl groups is 1. The van der Waals surface area contributed by atoms with E-state index in [0.717, 1.165) is 114 Å². The van der Waals surface area contributed by atoms with Crippen LogP contribution in [-0.2, 0) is 65.4 Å². The summed E-state index contributed by atoms with van der Waals surface area (Å²) in [6, 6.07) is 0. The molecule has 0 rings (SSSR count). The van der Waals surface area contributed by atoms with Crippen molar-refractivity contribution in [1.29, 1.82) is 0 Å². The first-order valence-electron chi connectivity index (χ1n) is 40.9. The molecule has 3 N–H and O–H groups in total. The van der Waals surface area contributed by atoms with Gasteiger partial charge in [-0.3, -0.25) is 37.3 Å². The fraction of sp³-hybridized carbons (Fsp3) is 0.949. The minimum absolute atomic E-state index is 0.104. The number of carbonyl (C=O) groups excluding carboxylic acids is 4. The molecule has 17 nitrogen and oxygen atoms in total. The molecule has 0 radical (unpaired) electrons. The van der Waals surface area contributed by atoms with E-state index >= 15 is 0 Å². The molecule has 0 aliphatic rings. The van der Waals surface area contributed by atoms with Crippen molar-refractivity contribution in [1.82, 2.24) is 0 Å². The number of carbonyl (C=O) groups is 4. The Hall–Kier alpha value is -1.94. The lowest BCUT2D eigenvalue weighted by Gasteiger charge is -2.21. The number of phosphoric ester groups is 2. The fourth-order valence-electron chi connectivity index (χ4n) is 12.1. The van der Waals surface area contributed by atoms with Crippen LogP contribution in [-0.4, -0.2) is 96.7 Å². The van der Waals surface area contributed by atoms with Gasteiger partial charge in [-0.25, -0.2) is 9.13 Å². The molecule has 0 fully saturated rings. The van der Waals surface area contributed by atoms with Crippen LogP contribution in [0.4, 0.5) is 0 Å². The quantitative estimate of drug-likeness (QED) is 0.0222. The van der Waals surface area contributed by atoms with Gasteiger partial charge in [-0.2, -0.15) is 0 Å². The van der Waals surface area contributed by atoms with Crippen LogP contribution in [0.15, 0.2) is 0 Å². The van der Waals surface area contributed by atoms with E-state index in [1.54, 1.807) is 0 Å². The van der Waals surface area contributed by atoms with Crippen LogP contribution in [0.1, 0.15) is 408 Å². The van der Waals surface area contributed by atoms with Crippen molar-refractivity contribution in [2.24, 2.45) is 17.8 Å². The molecule has 0 amide bonds. The summed E-state index contributed by atoms with van der Waals surface area (Å²) in [5.74, 6) is 0.270. The van der Waals surface area contributed by atoms with Gasteiger partial charge in [0.25, 0.3) is 0 Å². The lowest BCUT2D eigenvalue weighted by molar-refractivity contribution is -0.161. The molecule has 0 saturated heterocycles. The van der Waals surface area contributed by atoms with Crippen molar-refractivity contribution in [3.8, 4) is 0 Å². The highest BCUT2D eigenvalue weighted by Gasteiger charge is 2.30. The van der Waals surface area contributed by atoms with Crippen molar-refractivity contribution in [2.75, 3.05) is 39.6 Å². The SMILES string of the molecule is CCCCCCCCCCC(=O)OC[C@H](COP(=O)(O)OC[C@H](O)COP(=O)(O)OC[C@@H](COC(=O)CCCCCCCCCCCCCCCCC(C)C)OC(=O)CCCCCCCCCCCCCCCCCCCCC(C)CC)OC(=O)CCCCCCCCCCC(C)C. The summed E-state index contributed by atoms with van der Waals surface area (Å²) >= 11 is 0. The van der Waals surface area contributed by atoms with Gasteiger partial charge < -0.3 is 33.8 Å². The molecule has 19 heteroatoms. The molecule has 3 unspecified atom stereocenters. The second kappa shape index (κ2) is 69.4. The molecule has 0 aromatic carbocycles. The van der Waals surface area contributed by atoms with Crippen molar-refractivity contribution >= 4 is 39.5 Å². The third-order valence-corrected chi connectivity index (χ3v) is 20.6. The van der Waals surface area contributed by atoms with E-state index in [9.17, 15) is 43.2 Å². The van der Waals surface area contributed by atoms with Gasteiger partial charge in [-0.05, 0) is 43.4 Å². The average Bonchev–Trinajstić information content (AvgIpc) is 0.970. The number of phosphoric acid groups is 2. The first-order chi connectivity index (χ1) is 47.3. The van der Waals surface area contributed by atoms with Gasteiger partial charge >= 0.3 is 39.5 Å². The molecular formula is C79H154O17P2. The molecular weight excluding hydrogens is 1280 g/mol. The molecule has 0 aromatic rings. The molecule has 582 valence electrons. The van der Waals surface area contributed by atoms with Gasteiger partial charge in [0.1, 0.15) is 19.3 Å². The highest BCUT2D eigenvalue weighted by Crippen LogP contribution is 2.45. The molecule has 0 bridgehead atoms. The predicted octanol–water partition coefficient (Wildman–Crippen LogP) is 23.4. The summed E-state index contributed by atoms with van der Waals surface area (Å²) in [4.78, 5) is 72.8. The molecule has 0 spiro atoms. The highest BCUT2D eigenvalue weighted by molar-refractivity contribution is 7.47. The molecule has 0 aromatic heterocycles. The monoisotopic (exact) mass is 1440 g/mol. The van der Waals surface area contributed by atoms with Crippen LogP contribution in [0.25, 0.3) is 0 Å². The average molecular weight is 1440 g/mol. The molecule has 0 aliphatic carbocycles. The third-order valence-electron chi connectivity index (χ3n) is 18.7. The maximum Gasteiger partial charge on any atom is 0.472 e. The van der Waals surface area contributed by atoms with E-state index in [-0.39, 0.29) is 25.7 Å². The fourth-order valence-corrected chi connectivity index (χ4v) is 13.7. The Morgan fingerprint density at radius 1 is 0.296 bits per heavy atom. The van der Waals surface area contributed by atoms with Gasteiger partial charge in [0, 0.05) is 25.7 Å².